The van der Waals surface area contributed by atoms with Crippen LogP contribution in [0.4, 0.5) is 0 Å². The lowest BCUT2D eigenvalue weighted by Crippen LogP contribution is -2.14. The Bertz CT molecular complexity index is 364. The van der Waals surface area contributed by atoms with Crippen LogP contribution in [0.5, 0.6) is 0 Å². The Morgan fingerprint density at radius 3 is 2.79 bits per heavy atom. The van der Waals surface area contributed by atoms with Crippen LogP contribution in [0, 0.1) is 6.92 Å². The number of allylic oxidation sites excluding steroid dienone is 2. The van der Waals surface area contributed by atoms with Gasteiger partial charge in [-0.1, -0.05) is 36.4 Å². The minimum atomic E-state index is 0.622. The van der Waals surface area contributed by atoms with Crippen molar-refractivity contribution in [2.45, 2.75) is 6.92 Å². The lowest BCUT2D eigenvalue weighted by Gasteiger charge is -2.04. The van der Waals surface area contributed by atoms with E-state index in [1.165, 1.54) is 5.56 Å². The van der Waals surface area contributed by atoms with Crippen LogP contribution in [-0.4, -0.2) is 7.05 Å². The third-order valence-electron chi connectivity index (χ3n) is 2.01. The maximum Gasteiger partial charge on any atom is 0.0963 e. The lowest BCUT2D eigenvalue weighted by atomic mass is 10.1. The zero-order chi connectivity index (χ0) is 10.6. The zero-order valence-corrected chi connectivity index (χ0v) is 8.67. The molecule has 0 radical (unpaired) electrons. The van der Waals surface area contributed by atoms with Crippen LogP contribution in [-0.2, 0) is 0 Å². The van der Waals surface area contributed by atoms with E-state index in [0.717, 1.165) is 11.1 Å². The average Bonchev–Trinajstić information content (AvgIpc) is 2.17. The van der Waals surface area contributed by atoms with E-state index in [1.54, 1.807) is 7.05 Å². The molecule has 0 amide bonds. The molecule has 74 valence electrons. The van der Waals surface area contributed by atoms with Crippen LogP contribution < -0.4 is 11.1 Å². The van der Waals surface area contributed by atoms with Gasteiger partial charge >= 0.3 is 0 Å². The predicted molar refractivity (Wildman–Crippen MR) is 61.5 cm³/mol. The van der Waals surface area contributed by atoms with Gasteiger partial charge in [0.15, 0.2) is 0 Å². The van der Waals surface area contributed by atoms with E-state index in [9.17, 15) is 0 Å². The second-order valence-electron chi connectivity index (χ2n) is 3.24. The van der Waals surface area contributed by atoms with Gasteiger partial charge in [-0.2, -0.15) is 0 Å². The van der Waals surface area contributed by atoms with Crippen LogP contribution in [0.25, 0.3) is 5.57 Å². The number of nitrogens with two attached hydrogens (primary N) is 1. The standard InChI is InChI=1S/C12H16N2/c1-9-5-4-6-11(7-9)10(2)8-12(13)14-3/h4-8,14H,2,13H2,1,3H3/b12-8-. The molecular formula is C12H16N2. The fourth-order valence-electron chi connectivity index (χ4n) is 1.19. The van der Waals surface area contributed by atoms with Crippen LogP contribution in [0.2, 0.25) is 0 Å². The number of hydrogen-bond acceptors (Lipinski definition) is 2. The highest BCUT2D eigenvalue weighted by Crippen LogP contribution is 2.15. The first kappa shape index (κ1) is 10.4. The van der Waals surface area contributed by atoms with Gasteiger partial charge in [0.2, 0.25) is 0 Å². The highest BCUT2D eigenvalue weighted by molar-refractivity contribution is 5.72. The van der Waals surface area contributed by atoms with Crippen molar-refractivity contribution in [2.24, 2.45) is 5.73 Å². The molecule has 3 N–H and O–H groups in total. The Balaban J connectivity index is 2.90. The first-order valence-corrected chi connectivity index (χ1v) is 4.54. The molecule has 0 atom stereocenters. The molecule has 0 aromatic heterocycles. The Morgan fingerprint density at radius 2 is 2.21 bits per heavy atom. The maximum absolute atomic E-state index is 5.64. The smallest absolute Gasteiger partial charge is 0.0963 e. The largest absolute Gasteiger partial charge is 0.386 e. The van der Waals surface area contributed by atoms with Crippen molar-refractivity contribution in [3.05, 3.63) is 53.9 Å². The molecule has 1 aromatic rings. The molecule has 1 aromatic carbocycles. The van der Waals surface area contributed by atoms with Gasteiger partial charge in [-0.05, 0) is 24.1 Å². The SMILES string of the molecule is C=C(/C=C(/N)NC)c1cccc(C)c1. The summed E-state index contributed by atoms with van der Waals surface area (Å²) in [4.78, 5) is 0. The predicted octanol–water partition coefficient (Wildman–Crippen LogP) is 2.03. The molecule has 0 fully saturated rings. The molecule has 1 rings (SSSR count). The quantitative estimate of drug-likeness (QED) is 0.712. The van der Waals surface area contributed by atoms with E-state index in [1.807, 2.05) is 18.2 Å². The van der Waals surface area contributed by atoms with Crippen LogP contribution >= 0.6 is 0 Å². The van der Waals surface area contributed by atoms with Crippen molar-refractivity contribution in [1.29, 1.82) is 0 Å². The summed E-state index contributed by atoms with van der Waals surface area (Å²) in [6.45, 7) is 6.02. The van der Waals surface area contributed by atoms with Crippen molar-refractivity contribution < 1.29 is 0 Å². The van der Waals surface area contributed by atoms with Gasteiger partial charge in [0.25, 0.3) is 0 Å². The van der Waals surface area contributed by atoms with Gasteiger partial charge < -0.3 is 11.1 Å². The summed E-state index contributed by atoms with van der Waals surface area (Å²) in [6.07, 6.45) is 1.83. The van der Waals surface area contributed by atoms with E-state index in [4.69, 9.17) is 5.73 Å². The van der Waals surface area contributed by atoms with Gasteiger partial charge in [-0.3, -0.25) is 0 Å². The molecule has 14 heavy (non-hydrogen) atoms. The van der Waals surface area contributed by atoms with Crippen molar-refractivity contribution in [2.75, 3.05) is 7.05 Å². The third kappa shape index (κ3) is 2.66. The number of aryl methyl sites for hydroxylation is 1. The Morgan fingerprint density at radius 1 is 1.50 bits per heavy atom. The molecular weight excluding hydrogens is 172 g/mol. The molecule has 0 aliphatic rings. The second kappa shape index (κ2) is 4.51. The topological polar surface area (TPSA) is 38.0 Å². The van der Waals surface area contributed by atoms with Gasteiger partial charge in [-0.15, -0.1) is 0 Å². The molecule has 0 saturated heterocycles. The fraction of sp³-hybridized carbons (Fsp3) is 0.167. The third-order valence-corrected chi connectivity index (χ3v) is 2.01. The molecule has 2 nitrogen and oxygen atoms in total. The molecule has 0 spiro atoms. The van der Waals surface area contributed by atoms with Crippen LogP contribution in [0.15, 0.2) is 42.7 Å². The number of hydrogen-bond donors (Lipinski definition) is 2. The first-order chi connectivity index (χ1) is 6.63. The van der Waals surface area contributed by atoms with Crippen molar-refractivity contribution >= 4 is 5.57 Å². The van der Waals surface area contributed by atoms with Crippen molar-refractivity contribution in [3.63, 3.8) is 0 Å². The second-order valence-corrected chi connectivity index (χ2v) is 3.24. The van der Waals surface area contributed by atoms with E-state index in [0.29, 0.717) is 5.82 Å². The molecule has 0 aliphatic heterocycles. The zero-order valence-electron chi connectivity index (χ0n) is 8.67. The van der Waals surface area contributed by atoms with E-state index in [2.05, 4.69) is 31.0 Å². The minimum absolute atomic E-state index is 0.622. The van der Waals surface area contributed by atoms with E-state index in [-0.39, 0.29) is 0 Å². The number of rotatable bonds is 3. The maximum atomic E-state index is 5.64. The minimum Gasteiger partial charge on any atom is -0.386 e. The van der Waals surface area contributed by atoms with Gasteiger partial charge in [-0.25, -0.2) is 0 Å². The van der Waals surface area contributed by atoms with Crippen molar-refractivity contribution in [3.8, 4) is 0 Å². The molecule has 0 aliphatic carbocycles. The monoisotopic (exact) mass is 188 g/mol. The van der Waals surface area contributed by atoms with Gasteiger partial charge in [0.1, 0.15) is 0 Å². The molecule has 0 unspecified atom stereocenters. The summed E-state index contributed by atoms with van der Waals surface area (Å²) in [6, 6.07) is 8.18. The normalized spacial score (nSPS) is 11.1. The highest BCUT2D eigenvalue weighted by atomic mass is 14.9. The first-order valence-electron chi connectivity index (χ1n) is 4.54. The highest BCUT2D eigenvalue weighted by Gasteiger charge is 1.96. The summed E-state index contributed by atoms with van der Waals surface area (Å²) < 4.78 is 0. The van der Waals surface area contributed by atoms with Crippen LogP contribution in [0.3, 0.4) is 0 Å². The van der Waals surface area contributed by atoms with Crippen LogP contribution in [0.1, 0.15) is 11.1 Å². The molecule has 0 heterocycles. The summed E-state index contributed by atoms with van der Waals surface area (Å²) in [5.41, 5.74) is 8.88. The van der Waals surface area contributed by atoms with Gasteiger partial charge in [0, 0.05) is 7.05 Å². The molecule has 0 bridgehead atoms. The molecule has 0 saturated carbocycles. The van der Waals surface area contributed by atoms with Gasteiger partial charge in [0.05, 0.1) is 5.82 Å². The number of benzene rings is 1. The Labute approximate surface area is 85.1 Å². The van der Waals surface area contributed by atoms with E-state index >= 15 is 0 Å². The van der Waals surface area contributed by atoms with E-state index < -0.39 is 0 Å². The Hall–Kier alpha value is -1.70. The summed E-state index contributed by atoms with van der Waals surface area (Å²) in [7, 11) is 1.79. The summed E-state index contributed by atoms with van der Waals surface area (Å²) >= 11 is 0. The average molecular weight is 188 g/mol. The van der Waals surface area contributed by atoms with Crippen molar-refractivity contribution in [1.82, 2.24) is 5.32 Å². The lowest BCUT2D eigenvalue weighted by molar-refractivity contribution is 0.967. The summed E-state index contributed by atoms with van der Waals surface area (Å²) in [5.74, 6) is 0.622. The Kier molecular flexibility index (Phi) is 3.35. The summed E-state index contributed by atoms with van der Waals surface area (Å²) in [5, 5.41) is 2.86. The molecule has 2 heteroatoms. The number of nitrogens with one attached hydrogen (secondary N) is 1. The fourth-order valence-corrected chi connectivity index (χ4v) is 1.19.